The maximum absolute atomic E-state index is 13.3. The van der Waals surface area contributed by atoms with Crippen molar-refractivity contribution in [2.45, 2.75) is 42.7 Å². The molecule has 1 aromatic heterocycles. The van der Waals surface area contributed by atoms with Crippen LogP contribution in [0, 0.1) is 0 Å². The molecular formula is C24H23F4N3O3S. The van der Waals surface area contributed by atoms with Crippen molar-refractivity contribution in [2.75, 3.05) is 18.0 Å². The number of halogens is 4. The van der Waals surface area contributed by atoms with E-state index in [1.54, 1.807) is 12.1 Å². The van der Waals surface area contributed by atoms with E-state index < -0.39 is 28.4 Å². The molecule has 4 rings (SSSR count). The molecule has 2 heterocycles. The number of nitrogens with zero attached hydrogens (tertiary/aromatic N) is 2. The van der Waals surface area contributed by atoms with Crippen LogP contribution in [-0.4, -0.2) is 31.7 Å². The van der Waals surface area contributed by atoms with Crippen LogP contribution in [0.2, 0.25) is 0 Å². The van der Waals surface area contributed by atoms with Crippen LogP contribution in [-0.2, 0) is 22.6 Å². The number of fused-ring (bicyclic) bond motifs is 1. The lowest BCUT2D eigenvalue weighted by molar-refractivity contribution is -0.137. The zero-order valence-corrected chi connectivity index (χ0v) is 19.4. The maximum Gasteiger partial charge on any atom is 0.416 e. The topological polar surface area (TPSA) is 81.2 Å². The van der Waals surface area contributed by atoms with E-state index in [0.717, 1.165) is 12.1 Å². The lowest BCUT2D eigenvalue weighted by atomic mass is 9.82. The summed E-state index contributed by atoms with van der Waals surface area (Å²) in [7, 11) is -3.99. The number of benzene rings is 2. The molecule has 0 spiro atoms. The van der Waals surface area contributed by atoms with Crippen molar-refractivity contribution in [1.29, 1.82) is 0 Å². The number of nitrogens with one attached hydrogen (secondary N) is 1. The van der Waals surface area contributed by atoms with E-state index in [2.05, 4.69) is 14.7 Å². The molecule has 0 saturated carbocycles. The Morgan fingerprint density at radius 2 is 1.77 bits per heavy atom. The average molecular weight is 510 g/mol. The minimum absolute atomic E-state index is 0.0556. The summed E-state index contributed by atoms with van der Waals surface area (Å²) in [5, 5.41) is 0. The van der Waals surface area contributed by atoms with E-state index in [0.29, 0.717) is 41.7 Å². The van der Waals surface area contributed by atoms with Gasteiger partial charge in [0.1, 0.15) is 5.75 Å². The number of alkyl halides is 4. The molecule has 1 N–H and O–H groups in total. The Balaban J connectivity index is 1.68. The van der Waals surface area contributed by atoms with Crippen LogP contribution in [0.4, 0.5) is 23.5 Å². The Bertz CT molecular complexity index is 1280. The monoisotopic (exact) mass is 509 g/mol. The first-order chi connectivity index (χ1) is 16.7. The Labute approximate surface area is 200 Å². The summed E-state index contributed by atoms with van der Waals surface area (Å²) in [4.78, 5) is 7.66. The number of aryl methyl sites for hydroxylation is 1. The van der Waals surface area contributed by atoms with Gasteiger partial charge in [-0.2, -0.15) is 13.2 Å². The zero-order valence-electron chi connectivity index (χ0n) is 18.6. The van der Waals surface area contributed by atoms with Crippen LogP contribution in [0.1, 0.15) is 47.4 Å². The first-order valence-electron chi connectivity index (χ1n) is 11.0. The van der Waals surface area contributed by atoms with E-state index >= 15 is 0 Å². The van der Waals surface area contributed by atoms with Crippen LogP contribution < -0.4 is 9.46 Å². The highest BCUT2D eigenvalue weighted by Crippen LogP contribution is 2.42. The lowest BCUT2D eigenvalue weighted by Gasteiger charge is -2.29. The van der Waals surface area contributed by atoms with Crippen molar-refractivity contribution >= 4 is 16.0 Å². The Kier molecular flexibility index (Phi) is 7.25. The van der Waals surface area contributed by atoms with Gasteiger partial charge >= 0.3 is 6.18 Å². The summed E-state index contributed by atoms with van der Waals surface area (Å²) < 4.78 is 86.2. The molecule has 0 bridgehead atoms. The molecule has 1 unspecified atom stereocenters. The van der Waals surface area contributed by atoms with Gasteiger partial charge in [0.2, 0.25) is 5.95 Å². The molecule has 0 amide bonds. The van der Waals surface area contributed by atoms with Gasteiger partial charge in [-0.1, -0.05) is 12.1 Å². The fraction of sp³-hybridized carbons (Fsp3) is 0.333. The molecule has 6 nitrogen and oxygen atoms in total. The average Bonchev–Trinajstić information content (AvgIpc) is 2.83. The van der Waals surface area contributed by atoms with E-state index in [1.165, 1.54) is 30.6 Å². The van der Waals surface area contributed by atoms with Crippen molar-refractivity contribution in [2.24, 2.45) is 0 Å². The molecule has 1 atom stereocenters. The van der Waals surface area contributed by atoms with Crippen LogP contribution >= 0.6 is 0 Å². The number of sulfonamides is 1. The second-order valence-corrected chi connectivity index (χ2v) is 9.81. The molecule has 11 heteroatoms. The second-order valence-electron chi connectivity index (χ2n) is 8.12. The minimum Gasteiger partial charge on any atom is -0.493 e. The molecule has 1 aliphatic heterocycles. The van der Waals surface area contributed by atoms with Crippen LogP contribution in [0.5, 0.6) is 5.75 Å². The first-order valence-corrected chi connectivity index (χ1v) is 12.5. The van der Waals surface area contributed by atoms with Gasteiger partial charge in [0, 0.05) is 29.9 Å². The standard InChI is InChI=1S/C24H23F4N3O3S/c25-10-2-1-4-16-14-17(24(26,27)28)5-7-19(16)20-9-13-34-22-15-18(6-8-21(20)22)35(32,33)31-23-29-11-3-12-30-23/h3,5-8,11-12,14-15,20H,1-2,4,9-10,13H2,(H,29,30,31). The molecule has 1 aliphatic rings. The highest BCUT2D eigenvalue weighted by atomic mass is 32.2. The third-order valence-corrected chi connectivity index (χ3v) is 7.13. The van der Waals surface area contributed by atoms with Crippen molar-refractivity contribution in [3.8, 4) is 5.75 Å². The third kappa shape index (κ3) is 5.72. The molecule has 186 valence electrons. The van der Waals surface area contributed by atoms with Gasteiger partial charge in [0.05, 0.1) is 23.7 Å². The number of aromatic nitrogens is 2. The third-order valence-electron chi connectivity index (χ3n) is 5.80. The predicted octanol–water partition coefficient (Wildman–Crippen LogP) is 5.50. The summed E-state index contributed by atoms with van der Waals surface area (Å²) in [5.74, 6) is -0.0250. The molecule has 35 heavy (non-hydrogen) atoms. The van der Waals surface area contributed by atoms with E-state index in [1.807, 2.05) is 0 Å². The highest BCUT2D eigenvalue weighted by molar-refractivity contribution is 7.92. The van der Waals surface area contributed by atoms with Crippen molar-refractivity contribution in [3.63, 3.8) is 0 Å². The Morgan fingerprint density at radius 1 is 1.03 bits per heavy atom. The Morgan fingerprint density at radius 3 is 2.49 bits per heavy atom. The smallest absolute Gasteiger partial charge is 0.416 e. The maximum atomic E-state index is 13.3. The summed E-state index contributed by atoms with van der Waals surface area (Å²) in [6, 6.07) is 9.61. The molecule has 2 aromatic carbocycles. The second kappa shape index (κ2) is 10.2. The molecule has 3 aromatic rings. The Hall–Kier alpha value is -3.21. The van der Waals surface area contributed by atoms with Gasteiger partial charge in [0.15, 0.2) is 0 Å². The zero-order chi connectivity index (χ0) is 25.1. The minimum atomic E-state index is -4.49. The summed E-state index contributed by atoms with van der Waals surface area (Å²) in [6.45, 7) is -0.269. The largest absolute Gasteiger partial charge is 0.493 e. The van der Waals surface area contributed by atoms with E-state index in [-0.39, 0.29) is 29.8 Å². The van der Waals surface area contributed by atoms with Gasteiger partial charge in [-0.25, -0.2) is 23.1 Å². The number of rotatable bonds is 8. The molecule has 0 fully saturated rings. The SMILES string of the molecule is O=S(=O)(Nc1ncccn1)c1ccc2c(c1)OCCC2c1ccc(C(F)(F)F)cc1CCCCF. The van der Waals surface area contributed by atoms with E-state index in [4.69, 9.17) is 4.74 Å². The predicted molar refractivity (Wildman–Crippen MR) is 122 cm³/mol. The van der Waals surface area contributed by atoms with Gasteiger partial charge in [-0.15, -0.1) is 0 Å². The van der Waals surface area contributed by atoms with Gasteiger partial charge in [-0.3, -0.25) is 4.39 Å². The van der Waals surface area contributed by atoms with Gasteiger partial charge in [-0.05, 0) is 61.1 Å². The number of unbranched alkanes of at least 4 members (excludes halogenated alkanes) is 1. The number of hydrogen-bond acceptors (Lipinski definition) is 5. The van der Waals surface area contributed by atoms with Crippen LogP contribution in [0.25, 0.3) is 0 Å². The summed E-state index contributed by atoms with van der Waals surface area (Å²) in [6.07, 6.45) is -0.175. The van der Waals surface area contributed by atoms with Crippen molar-refractivity contribution < 1.29 is 30.7 Å². The highest BCUT2D eigenvalue weighted by Gasteiger charge is 2.33. The first kappa shape index (κ1) is 24.9. The summed E-state index contributed by atoms with van der Waals surface area (Å²) in [5.41, 5.74) is 1.13. The lowest BCUT2D eigenvalue weighted by Crippen LogP contribution is -2.19. The molecule has 0 radical (unpaired) electrons. The van der Waals surface area contributed by atoms with Gasteiger partial charge in [0.25, 0.3) is 10.0 Å². The fourth-order valence-electron chi connectivity index (χ4n) is 4.14. The van der Waals surface area contributed by atoms with Crippen molar-refractivity contribution in [3.05, 3.63) is 77.1 Å². The van der Waals surface area contributed by atoms with E-state index in [9.17, 15) is 26.0 Å². The molecule has 0 saturated heterocycles. The van der Waals surface area contributed by atoms with Crippen molar-refractivity contribution in [1.82, 2.24) is 9.97 Å². The van der Waals surface area contributed by atoms with Crippen LogP contribution in [0.3, 0.4) is 0 Å². The fourth-order valence-corrected chi connectivity index (χ4v) is 5.11. The number of hydrogen-bond donors (Lipinski definition) is 1. The normalized spacial score (nSPS) is 15.8. The molecular weight excluding hydrogens is 486 g/mol. The van der Waals surface area contributed by atoms with Gasteiger partial charge < -0.3 is 4.74 Å². The molecule has 0 aliphatic carbocycles. The number of anilines is 1. The number of ether oxygens (including phenoxy) is 1. The quantitative estimate of drug-likeness (QED) is 0.320. The summed E-state index contributed by atoms with van der Waals surface area (Å²) >= 11 is 0. The van der Waals surface area contributed by atoms with Crippen LogP contribution in [0.15, 0.2) is 59.8 Å².